The molecule has 0 unspecified atom stereocenters. The van der Waals surface area contributed by atoms with Crippen molar-refractivity contribution in [2.45, 2.75) is 62.4 Å². The van der Waals surface area contributed by atoms with Crippen molar-refractivity contribution in [3.8, 4) is 0 Å². The molecule has 2 fully saturated rings. The maximum absolute atomic E-state index is 13.9. The van der Waals surface area contributed by atoms with Gasteiger partial charge in [-0.25, -0.2) is 17.2 Å². The van der Waals surface area contributed by atoms with Crippen LogP contribution in [0.2, 0.25) is 0 Å². The van der Waals surface area contributed by atoms with Crippen LogP contribution in [0.1, 0.15) is 45.4 Å². The molecule has 1 N–H and O–H groups in total. The number of hydrogen-bond donors (Lipinski definition) is 1. The maximum Gasteiger partial charge on any atom is 0.246 e. The Balaban J connectivity index is 1.57. The SMILES string of the molecule is C[C@H](C(=O)NC1CCCCCC1)N1CCN(S(=O)(=O)c2cc(F)ccc2F)CC1. The fraction of sp³-hybridized carbons (Fsp3) is 0.650. The summed E-state index contributed by atoms with van der Waals surface area (Å²) in [5.74, 6) is -1.80. The Labute approximate surface area is 171 Å². The van der Waals surface area contributed by atoms with Crippen LogP contribution in [0.4, 0.5) is 8.78 Å². The second-order valence-electron chi connectivity index (χ2n) is 7.89. The fourth-order valence-electron chi connectivity index (χ4n) is 4.06. The second-order valence-corrected chi connectivity index (χ2v) is 9.79. The van der Waals surface area contributed by atoms with Crippen LogP contribution in [-0.4, -0.2) is 61.8 Å². The number of halogens is 2. The zero-order valence-electron chi connectivity index (χ0n) is 16.7. The van der Waals surface area contributed by atoms with E-state index in [2.05, 4.69) is 5.32 Å². The summed E-state index contributed by atoms with van der Waals surface area (Å²) in [4.78, 5) is 13.9. The summed E-state index contributed by atoms with van der Waals surface area (Å²) in [7, 11) is -4.12. The van der Waals surface area contributed by atoms with Gasteiger partial charge in [-0.2, -0.15) is 4.31 Å². The molecular weight excluding hydrogens is 400 g/mol. The van der Waals surface area contributed by atoms with Crippen LogP contribution in [0, 0.1) is 11.6 Å². The minimum absolute atomic E-state index is 0.0376. The van der Waals surface area contributed by atoms with Crippen molar-refractivity contribution in [2.24, 2.45) is 0 Å². The van der Waals surface area contributed by atoms with Crippen molar-refractivity contribution in [3.05, 3.63) is 29.8 Å². The summed E-state index contributed by atoms with van der Waals surface area (Å²) >= 11 is 0. The predicted octanol–water partition coefficient (Wildman–Crippen LogP) is 2.50. The number of amides is 1. The van der Waals surface area contributed by atoms with Crippen molar-refractivity contribution >= 4 is 15.9 Å². The first-order valence-electron chi connectivity index (χ1n) is 10.3. The van der Waals surface area contributed by atoms with Gasteiger partial charge in [-0.3, -0.25) is 9.69 Å². The van der Waals surface area contributed by atoms with Crippen LogP contribution in [0.25, 0.3) is 0 Å². The van der Waals surface area contributed by atoms with Crippen LogP contribution in [0.5, 0.6) is 0 Å². The number of sulfonamides is 1. The van der Waals surface area contributed by atoms with Gasteiger partial charge >= 0.3 is 0 Å². The van der Waals surface area contributed by atoms with E-state index < -0.39 is 26.6 Å². The van der Waals surface area contributed by atoms with Crippen LogP contribution < -0.4 is 5.32 Å². The van der Waals surface area contributed by atoms with Crippen molar-refractivity contribution in [3.63, 3.8) is 0 Å². The second kappa shape index (κ2) is 9.49. The van der Waals surface area contributed by atoms with Gasteiger partial charge in [0.25, 0.3) is 0 Å². The molecule has 1 aromatic carbocycles. The fourth-order valence-corrected chi connectivity index (χ4v) is 5.55. The molecule has 0 spiro atoms. The van der Waals surface area contributed by atoms with Gasteiger partial charge in [-0.15, -0.1) is 0 Å². The number of carbonyl (C=O) groups excluding carboxylic acids is 1. The molecule has 1 saturated carbocycles. The van der Waals surface area contributed by atoms with Crippen molar-refractivity contribution < 1.29 is 22.0 Å². The summed E-state index contributed by atoms with van der Waals surface area (Å²) in [6.45, 7) is 2.78. The lowest BCUT2D eigenvalue weighted by Crippen LogP contribution is -2.55. The maximum atomic E-state index is 13.9. The van der Waals surface area contributed by atoms with E-state index in [-0.39, 0.29) is 31.1 Å². The molecule has 9 heteroatoms. The normalized spacial score (nSPS) is 21.5. The predicted molar refractivity (Wildman–Crippen MR) is 106 cm³/mol. The Hall–Kier alpha value is -1.58. The summed E-state index contributed by atoms with van der Waals surface area (Å²) in [5.41, 5.74) is 0. The third-order valence-corrected chi connectivity index (χ3v) is 7.83. The monoisotopic (exact) mass is 429 g/mol. The van der Waals surface area contributed by atoms with Crippen LogP contribution >= 0.6 is 0 Å². The third-order valence-electron chi connectivity index (χ3n) is 5.91. The van der Waals surface area contributed by atoms with E-state index in [1.54, 1.807) is 0 Å². The van der Waals surface area contributed by atoms with Crippen LogP contribution in [-0.2, 0) is 14.8 Å². The Kier molecular flexibility index (Phi) is 7.23. The molecule has 1 heterocycles. The quantitative estimate of drug-likeness (QED) is 0.731. The highest BCUT2D eigenvalue weighted by Crippen LogP contribution is 2.22. The van der Waals surface area contributed by atoms with Gasteiger partial charge in [-0.05, 0) is 38.0 Å². The molecule has 1 saturated heterocycles. The molecule has 1 aliphatic carbocycles. The minimum Gasteiger partial charge on any atom is -0.352 e. The third kappa shape index (κ3) is 5.32. The van der Waals surface area contributed by atoms with E-state index in [1.807, 2.05) is 11.8 Å². The number of nitrogens with one attached hydrogen (secondary N) is 1. The van der Waals surface area contributed by atoms with Crippen molar-refractivity contribution in [2.75, 3.05) is 26.2 Å². The zero-order valence-corrected chi connectivity index (χ0v) is 17.6. The number of piperazine rings is 1. The van der Waals surface area contributed by atoms with Gasteiger partial charge in [0.15, 0.2) is 0 Å². The molecule has 2 aliphatic rings. The number of benzene rings is 1. The Bertz CT molecular complexity index is 818. The minimum atomic E-state index is -4.12. The Morgan fingerprint density at radius 3 is 2.31 bits per heavy atom. The van der Waals surface area contributed by atoms with E-state index in [0.717, 1.165) is 42.1 Å². The molecule has 0 aromatic heterocycles. The first-order valence-corrected chi connectivity index (χ1v) is 11.7. The van der Waals surface area contributed by atoms with E-state index in [4.69, 9.17) is 0 Å². The number of hydrogen-bond acceptors (Lipinski definition) is 4. The highest BCUT2D eigenvalue weighted by Gasteiger charge is 2.33. The van der Waals surface area contributed by atoms with E-state index >= 15 is 0 Å². The number of nitrogens with zero attached hydrogens (tertiary/aromatic N) is 2. The largest absolute Gasteiger partial charge is 0.352 e. The molecule has 0 radical (unpaired) electrons. The lowest BCUT2D eigenvalue weighted by Gasteiger charge is -2.37. The highest BCUT2D eigenvalue weighted by molar-refractivity contribution is 7.89. The summed E-state index contributed by atoms with van der Waals surface area (Å²) in [6, 6.07) is 2.26. The molecule has 1 aromatic rings. The lowest BCUT2D eigenvalue weighted by atomic mass is 10.1. The molecule has 162 valence electrons. The van der Waals surface area contributed by atoms with Gasteiger partial charge in [0.2, 0.25) is 15.9 Å². The van der Waals surface area contributed by atoms with Crippen LogP contribution in [0.15, 0.2) is 23.1 Å². The molecule has 29 heavy (non-hydrogen) atoms. The van der Waals surface area contributed by atoms with E-state index in [0.29, 0.717) is 19.2 Å². The standard InChI is InChI=1S/C20H29F2N3O3S/c1-15(20(26)23-17-6-4-2-3-5-7-17)24-10-12-25(13-11-24)29(27,28)19-14-16(21)8-9-18(19)22/h8-9,14-15,17H,2-7,10-13H2,1H3,(H,23,26)/t15-/m1/s1. The first kappa shape index (κ1) is 22.1. The van der Waals surface area contributed by atoms with Gasteiger partial charge in [0, 0.05) is 32.2 Å². The average molecular weight is 430 g/mol. The molecule has 1 atom stereocenters. The number of carbonyl (C=O) groups is 1. The van der Waals surface area contributed by atoms with Crippen molar-refractivity contribution in [1.82, 2.24) is 14.5 Å². The smallest absolute Gasteiger partial charge is 0.246 e. The molecule has 1 aliphatic heterocycles. The van der Waals surface area contributed by atoms with Gasteiger partial charge < -0.3 is 5.32 Å². The average Bonchev–Trinajstić information content (AvgIpc) is 2.98. The Morgan fingerprint density at radius 1 is 1.07 bits per heavy atom. The molecule has 1 amide bonds. The summed E-state index contributed by atoms with van der Waals surface area (Å²) in [6.07, 6.45) is 6.70. The van der Waals surface area contributed by atoms with Gasteiger partial charge in [0.05, 0.1) is 6.04 Å². The molecule has 0 bridgehead atoms. The molecule has 6 nitrogen and oxygen atoms in total. The first-order chi connectivity index (χ1) is 13.8. The number of rotatable bonds is 5. The lowest BCUT2D eigenvalue weighted by molar-refractivity contribution is -0.127. The highest BCUT2D eigenvalue weighted by atomic mass is 32.2. The molecule has 3 rings (SSSR count). The molecular formula is C20H29F2N3O3S. The van der Waals surface area contributed by atoms with Gasteiger partial charge in [0.1, 0.15) is 16.5 Å². The van der Waals surface area contributed by atoms with Crippen molar-refractivity contribution in [1.29, 1.82) is 0 Å². The summed E-state index contributed by atoms with van der Waals surface area (Å²) in [5, 5.41) is 3.13. The van der Waals surface area contributed by atoms with Crippen LogP contribution in [0.3, 0.4) is 0 Å². The van der Waals surface area contributed by atoms with E-state index in [1.165, 1.54) is 12.8 Å². The zero-order chi connectivity index (χ0) is 21.0. The van der Waals surface area contributed by atoms with E-state index in [9.17, 15) is 22.0 Å². The topological polar surface area (TPSA) is 69.7 Å². The Morgan fingerprint density at radius 2 is 1.69 bits per heavy atom. The van der Waals surface area contributed by atoms with Gasteiger partial charge in [-0.1, -0.05) is 25.7 Å². The summed E-state index contributed by atoms with van der Waals surface area (Å²) < 4.78 is 53.9.